The first kappa shape index (κ1) is 11.9. The van der Waals surface area contributed by atoms with Crippen LogP contribution in [0.5, 0.6) is 0 Å². The Kier molecular flexibility index (Phi) is 4.01. The van der Waals surface area contributed by atoms with E-state index in [4.69, 9.17) is 5.73 Å². The highest BCUT2D eigenvalue weighted by molar-refractivity contribution is 5.71. The van der Waals surface area contributed by atoms with Crippen molar-refractivity contribution in [3.05, 3.63) is 23.8 Å². The Bertz CT molecular complexity index is 296. The molecule has 0 amide bonds. The Morgan fingerprint density at radius 2 is 1.87 bits per heavy atom. The van der Waals surface area contributed by atoms with Crippen LogP contribution in [-0.2, 0) is 0 Å². The summed E-state index contributed by atoms with van der Waals surface area (Å²) in [6, 6.07) is 6.68. The zero-order valence-corrected chi connectivity index (χ0v) is 10.2. The summed E-state index contributed by atoms with van der Waals surface area (Å²) in [5.74, 6) is 0. The van der Waals surface area contributed by atoms with Crippen molar-refractivity contribution in [3.8, 4) is 0 Å². The van der Waals surface area contributed by atoms with Gasteiger partial charge >= 0.3 is 0 Å². The molecule has 0 atom stereocenters. The number of hydrogen-bond acceptors (Lipinski definition) is 2. The van der Waals surface area contributed by atoms with Crippen molar-refractivity contribution in [1.82, 2.24) is 0 Å². The van der Waals surface area contributed by atoms with Gasteiger partial charge in [0.15, 0.2) is 0 Å². The molecule has 84 valence electrons. The molecule has 0 aromatic heterocycles. The number of nitrogen functional groups attached to an aromatic ring is 1. The van der Waals surface area contributed by atoms with E-state index < -0.39 is 0 Å². The molecule has 0 fully saturated rings. The van der Waals surface area contributed by atoms with Crippen molar-refractivity contribution < 1.29 is 0 Å². The maximum Gasteiger partial charge on any atom is 0.0629 e. The second kappa shape index (κ2) is 5.06. The first-order valence-electron chi connectivity index (χ1n) is 5.69. The first-order valence-corrected chi connectivity index (χ1v) is 5.69. The van der Waals surface area contributed by atoms with Crippen molar-refractivity contribution in [2.75, 3.05) is 17.7 Å². The lowest BCUT2D eigenvalue weighted by Crippen LogP contribution is -2.31. The fourth-order valence-corrected chi connectivity index (χ4v) is 2.18. The molecular formula is C13H22N2. The molecule has 0 aliphatic carbocycles. The quantitative estimate of drug-likeness (QED) is 0.766. The van der Waals surface area contributed by atoms with Crippen LogP contribution >= 0.6 is 0 Å². The van der Waals surface area contributed by atoms with Gasteiger partial charge in [0.05, 0.1) is 11.4 Å². The second-order valence-corrected chi connectivity index (χ2v) is 4.09. The summed E-state index contributed by atoms with van der Waals surface area (Å²) >= 11 is 0. The van der Waals surface area contributed by atoms with E-state index in [2.05, 4.69) is 38.8 Å². The van der Waals surface area contributed by atoms with Crippen LogP contribution in [-0.4, -0.2) is 13.1 Å². The minimum atomic E-state index is 0.577. The van der Waals surface area contributed by atoms with Gasteiger partial charge < -0.3 is 10.6 Å². The lowest BCUT2D eigenvalue weighted by Gasteiger charge is -2.30. The van der Waals surface area contributed by atoms with Crippen LogP contribution in [0.25, 0.3) is 0 Å². The lowest BCUT2D eigenvalue weighted by molar-refractivity contribution is 0.591. The van der Waals surface area contributed by atoms with Crippen molar-refractivity contribution in [2.45, 2.75) is 39.7 Å². The van der Waals surface area contributed by atoms with E-state index in [1.807, 2.05) is 12.1 Å². The number of aryl methyl sites for hydroxylation is 1. The smallest absolute Gasteiger partial charge is 0.0629 e. The standard InChI is InChI=1S/C13H22N2/c1-5-11(6-2)15(4)13-10(3)8-7-9-12(13)14/h7-9,11H,5-6,14H2,1-4H3. The predicted octanol–water partition coefficient (Wildman–Crippen LogP) is 3.20. The highest BCUT2D eigenvalue weighted by Gasteiger charge is 2.14. The average molecular weight is 206 g/mol. The van der Waals surface area contributed by atoms with Gasteiger partial charge in [-0.3, -0.25) is 0 Å². The van der Waals surface area contributed by atoms with E-state index in [9.17, 15) is 0 Å². The van der Waals surface area contributed by atoms with E-state index in [-0.39, 0.29) is 0 Å². The molecule has 0 saturated carbocycles. The zero-order chi connectivity index (χ0) is 11.4. The van der Waals surface area contributed by atoms with E-state index in [1.165, 1.54) is 11.3 Å². The molecule has 1 rings (SSSR count). The SMILES string of the molecule is CCC(CC)N(C)c1c(C)cccc1N. The fraction of sp³-hybridized carbons (Fsp3) is 0.538. The van der Waals surface area contributed by atoms with Crippen LogP contribution in [0.2, 0.25) is 0 Å². The van der Waals surface area contributed by atoms with Gasteiger partial charge in [0.25, 0.3) is 0 Å². The molecule has 0 heterocycles. The van der Waals surface area contributed by atoms with Crippen molar-refractivity contribution in [1.29, 1.82) is 0 Å². The molecule has 2 N–H and O–H groups in total. The Balaban J connectivity index is 3.04. The third-order valence-electron chi connectivity index (χ3n) is 3.11. The van der Waals surface area contributed by atoms with Crippen LogP contribution in [0.4, 0.5) is 11.4 Å². The van der Waals surface area contributed by atoms with Gasteiger partial charge in [-0.05, 0) is 31.4 Å². The normalized spacial score (nSPS) is 10.7. The van der Waals surface area contributed by atoms with E-state index in [0.29, 0.717) is 6.04 Å². The molecule has 0 aliphatic rings. The lowest BCUT2D eigenvalue weighted by atomic mass is 10.1. The maximum atomic E-state index is 6.03. The third kappa shape index (κ3) is 2.44. The summed E-state index contributed by atoms with van der Waals surface area (Å²) in [6.07, 6.45) is 2.31. The Hall–Kier alpha value is -1.18. The molecule has 0 bridgehead atoms. The topological polar surface area (TPSA) is 29.3 Å². The van der Waals surface area contributed by atoms with Crippen molar-refractivity contribution >= 4 is 11.4 Å². The highest BCUT2D eigenvalue weighted by Crippen LogP contribution is 2.28. The fourth-order valence-electron chi connectivity index (χ4n) is 2.18. The molecule has 0 saturated heterocycles. The second-order valence-electron chi connectivity index (χ2n) is 4.09. The summed E-state index contributed by atoms with van der Waals surface area (Å²) in [5, 5.41) is 0. The number of para-hydroxylation sites is 1. The number of anilines is 2. The van der Waals surface area contributed by atoms with Crippen LogP contribution < -0.4 is 10.6 Å². The molecule has 1 aromatic rings. The summed E-state index contributed by atoms with van der Waals surface area (Å²) in [4.78, 5) is 2.31. The maximum absolute atomic E-state index is 6.03. The monoisotopic (exact) mass is 206 g/mol. The van der Waals surface area contributed by atoms with Gasteiger partial charge in [-0.2, -0.15) is 0 Å². The number of hydrogen-bond donors (Lipinski definition) is 1. The van der Waals surface area contributed by atoms with Gasteiger partial charge in [-0.15, -0.1) is 0 Å². The summed E-state index contributed by atoms with van der Waals surface area (Å²) in [7, 11) is 2.14. The van der Waals surface area contributed by atoms with Crippen LogP contribution in [0, 0.1) is 6.92 Å². The number of rotatable bonds is 4. The van der Waals surface area contributed by atoms with Gasteiger partial charge in [-0.1, -0.05) is 26.0 Å². The molecule has 0 radical (unpaired) electrons. The van der Waals surface area contributed by atoms with Crippen LogP contribution in [0.3, 0.4) is 0 Å². The molecule has 2 nitrogen and oxygen atoms in total. The molecular weight excluding hydrogens is 184 g/mol. The molecule has 2 heteroatoms. The average Bonchev–Trinajstić information content (AvgIpc) is 2.19. The first-order chi connectivity index (χ1) is 7.11. The van der Waals surface area contributed by atoms with E-state index in [1.54, 1.807) is 0 Å². The summed E-state index contributed by atoms with van der Waals surface area (Å²) < 4.78 is 0. The van der Waals surface area contributed by atoms with E-state index in [0.717, 1.165) is 18.5 Å². The van der Waals surface area contributed by atoms with Gasteiger partial charge in [0.1, 0.15) is 0 Å². The summed E-state index contributed by atoms with van der Waals surface area (Å²) in [5.41, 5.74) is 9.35. The number of nitrogens with two attached hydrogens (primary N) is 1. The molecule has 0 spiro atoms. The zero-order valence-electron chi connectivity index (χ0n) is 10.2. The largest absolute Gasteiger partial charge is 0.397 e. The van der Waals surface area contributed by atoms with Gasteiger partial charge in [0, 0.05) is 13.1 Å². The van der Waals surface area contributed by atoms with Crippen LogP contribution in [0.15, 0.2) is 18.2 Å². The minimum Gasteiger partial charge on any atom is -0.397 e. The summed E-state index contributed by atoms with van der Waals surface area (Å²) in [6.45, 7) is 6.56. The molecule has 0 aliphatic heterocycles. The predicted molar refractivity (Wildman–Crippen MR) is 68.4 cm³/mol. The van der Waals surface area contributed by atoms with Gasteiger partial charge in [0.2, 0.25) is 0 Å². The number of nitrogens with zero attached hydrogens (tertiary/aromatic N) is 1. The molecule has 0 unspecified atom stereocenters. The van der Waals surface area contributed by atoms with Gasteiger partial charge in [-0.25, -0.2) is 0 Å². The van der Waals surface area contributed by atoms with Crippen molar-refractivity contribution in [2.24, 2.45) is 0 Å². The Morgan fingerprint density at radius 3 is 2.33 bits per heavy atom. The van der Waals surface area contributed by atoms with E-state index >= 15 is 0 Å². The Labute approximate surface area is 93.1 Å². The minimum absolute atomic E-state index is 0.577. The molecule has 15 heavy (non-hydrogen) atoms. The third-order valence-corrected chi connectivity index (χ3v) is 3.11. The van der Waals surface area contributed by atoms with Crippen LogP contribution in [0.1, 0.15) is 32.3 Å². The Morgan fingerprint density at radius 1 is 1.27 bits per heavy atom. The van der Waals surface area contributed by atoms with Crippen molar-refractivity contribution in [3.63, 3.8) is 0 Å². The highest BCUT2D eigenvalue weighted by atomic mass is 15.1. The number of benzene rings is 1. The molecule has 1 aromatic carbocycles.